The molecular weight excluding hydrogens is 618 g/mol. The van der Waals surface area contributed by atoms with Gasteiger partial charge in [-0.3, -0.25) is 35.6 Å². The Hall–Kier alpha value is -4.38. The molecule has 1 aromatic carbocycles. The number of hydrogen-bond donors (Lipinski definition) is 6. The molecule has 4 rings (SSSR count). The molecule has 3 atom stereocenters. The van der Waals surface area contributed by atoms with Crippen LogP contribution in [-0.2, 0) is 4.74 Å². The number of aromatic nitrogens is 3. The van der Waals surface area contributed by atoms with Gasteiger partial charge in [0.05, 0.1) is 40.9 Å². The molecule has 3 aromatic rings. The highest BCUT2D eigenvalue weighted by Crippen LogP contribution is 2.29. The first-order chi connectivity index (χ1) is 20.6. The Morgan fingerprint density at radius 2 is 1.95 bits per heavy atom. The first kappa shape index (κ1) is 33.1. The van der Waals surface area contributed by atoms with Crippen LogP contribution in [0, 0.1) is 6.92 Å². The van der Waals surface area contributed by atoms with Crippen molar-refractivity contribution in [2.24, 2.45) is 10.2 Å². The van der Waals surface area contributed by atoms with Crippen LogP contribution in [0.2, 0.25) is 5.02 Å². The number of hydrazine groups is 1. The van der Waals surface area contributed by atoms with E-state index >= 15 is 0 Å². The van der Waals surface area contributed by atoms with Crippen LogP contribution in [0.5, 0.6) is 0 Å². The van der Waals surface area contributed by atoms with Gasteiger partial charge >= 0.3 is 5.69 Å². The van der Waals surface area contributed by atoms with Crippen molar-refractivity contribution in [1.82, 2.24) is 30.8 Å². The van der Waals surface area contributed by atoms with Crippen molar-refractivity contribution in [3.8, 4) is 0 Å². The van der Waals surface area contributed by atoms with Crippen LogP contribution in [0.1, 0.15) is 30.8 Å². The Labute approximate surface area is 260 Å². The molecule has 0 bridgehead atoms. The second-order valence-electron chi connectivity index (χ2n) is 8.84. The lowest BCUT2D eigenvalue weighted by molar-refractivity contribution is -0.0271. The molecule has 18 heteroatoms. The Morgan fingerprint density at radius 1 is 1.23 bits per heavy atom. The lowest BCUT2D eigenvalue weighted by Gasteiger charge is -2.14. The number of azide groups is 1. The summed E-state index contributed by atoms with van der Waals surface area (Å²) < 4.78 is 6.69. The van der Waals surface area contributed by atoms with Gasteiger partial charge in [0.1, 0.15) is 6.23 Å². The molecular formula is C25H28ClN11O4S2. The molecule has 15 nitrogen and oxygen atoms in total. The van der Waals surface area contributed by atoms with Crippen LogP contribution in [0.3, 0.4) is 0 Å². The monoisotopic (exact) mass is 645 g/mol. The van der Waals surface area contributed by atoms with E-state index < -0.39 is 29.6 Å². The van der Waals surface area contributed by atoms with Crippen LogP contribution in [-0.4, -0.2) is 54.3 Å². The zero-order valence-electron chi connectivity index (χ0n) is 22.9. The number of aliphatic hydroxyl groups is 1. The summed E-state index contributed by atoms with van der Waals surface area (Å²) >= 11 is 16.3. The van der Waals surface area contributed by atoms with Crippen LogP contribution in [0.25, 0.3) is 10.4 Å². The minimum Gasteiger partial charge on any atom is -0.394 e. The normalized spacial score (nSPS) is 17.5. The van der Waals surface area contributed by atoms with Crippen LogP contribution in [0.4, 0.5) is 5.69 Å². The van der Waals surface area contributed by atoms with Gasteiger partial charge in [-0.15, -0.1) is 0 Å². The van der Waals surface area contributed by atoms with Crippen molar-refractivity contribution in [2.75, 3.05) is 11.9 Å². The third-order valence-electron chi connectivity index (χ3n) is 5.81. The maximum Gasteiger partial charge on any atom is 0.330 e. The van der Waals surface area contributed by atoms with Crippen molar-refractivity contribution < 1.29 is 9.84 Å². The van der Waals surface area contributed by atoms with Gasteiger partial charge in [0.15, 0.2) is 5.11 Å². The van der Waals surface area contributed by atoms with E-state index in [1.807, 2.05) is 43.3 Å². The summed E-state index contributed by atoms with van der Waals surface area (Å²) in [6.45, 7) is 3.09. The Morgan fingerprint density at radius 3 is 2.63 bits per heavy atom. The number of nitrogens with zero attached hydrogens (tertiary/aromatic N) is 6. The van der Waals surface area contributed by atoms with Crippen molar-refractivity contribution >= 4 is 57.7 Å². The molecule has 3 heterocycles. The molecule has 0 aliphatic carbocycles. The average molecular weight is 646 g/mol. The number of pyridine rings is 1. The Bertz CT molecular complexity index is 1630. The average Bonchev–Trinajstić information content (AvgIpc) is 3.41. The number of ether oxygens (including phenoxy) is 1. The predicted octanol–water partition coefficient (Wildman–Crippen LogP) is 2.63. The van der Waals surface area contributed by atoms with Crippen molar-refractivity contribution in [3.63, 3.8) is 0 Å². The first-order valence-electron chi connectivity index (χ1n) is 12.6. The van der Waals surface area contributed by atoms with Crippen molar-refractivity contribution in [1.29, 1.82) is 0 Å². The summed E-state index contributed by atoms with van der Waals surface area (Å²) in [6, 6.07) is 12.3. The fraction of sp³-hybridized carbons (Fsp3) is 0.280. The molecule has 43 heavy (non-hydrogen) atoms. The number of aryl methyl sites for hydroxylation is 1. The summed E-state index contributed by atoms with van der Waals surface area (Å²) in [7, 11) is 0. The Balaban J connectivity index is 0.000000242. The number of nitrogens with one attached hydrogen (secondary N) is 5. The van der Waals surface area contributed by atoms with Gasteiger partial charge in [-0.05, 0) is 68.1 Å². The number of anilines is 1. The van der Waals surface area contributed by atoms with E-state index in [2.05, 4.69) is 46.7 Å². The highest BCUT2D eigenvalue weighted by molar-refractivity contribution is 7.80. The summed E-state index contributed by atoms with van der Waals surface area (Å²) in [6.07, 6.45) is 2.03. The van der Waals surface area contributed by atoms with E-state index in [1.165, 1.54) is 10.8 Å². The van der Waals surface area contributed by atoms with Crippen LogP contribution in [0.15, 0.2) is 74.7 Å². The van der Waals surface area contributed by atoms with Gasteiger partial charge in [0.2, 0.25) is 5.11 Å². The smallest absolute Gasteiger partial charge is 0.330 e. The van der Waals surface area contributed by atoms with Gasteiger partial charge in [-0.1, -0.05) is 34.9 Å². The third kappa shape index (κ3) is 9.85. The minimum atomic E-state index is -0.671. The standard InChI is InChI=1S/C15H15ClN6S2.C10H13N5O4/c1-10(12-7-4-5-9-17-12)19-21-15(24)22-20-14(23)18-13-8-3-2-6-11(13)16;1-5-3-15(10(18)12-9(5)17)8-2-6(13-14-11)7(4-16)19-8/h2-9H,1H3,(H2,18,20,23)(H2,21,22,24);3,6-8,16H,2,4H2,1H3,(H,12,17,18)/b19-10+;/t;6-,7+,8+/m.0/s1. The predicted molar refractivity (Wildman–Crippen MR) is 171 cm³/mol. The fourth-order valence-electron chi connectivity index (χ4n) is 3.66. The van der Waals surface area contributed by atoms with Crippen molar-refractivity contribution in [2.45, 2.75) is 38.6 Å². The zero-order chi connectivity index (χ0) is 31.4. The SMILES string of the molecule is C/C(=N\NC(=S)NNC(=S)Nc1ccccc1Cl)c1ccccn1.Cc1cn([C@H]2C[C@H](N=[N+]=[N-])[C@@H](CO)O2)c(=O)[nH]c1=O. The zero-order valence-corrected chi connectivity index (χ0v) is 25.3. The van der Waals surface area contributed by atoms with Gasteiger partial charge in [-0.25, -0.2) is 4.79 Å². The molecule has 226 valence electrons. The molecule has 1 fully saturated rings. The third-order valence-corrected chi connectivity index (χ3v) is 6.54. The van der Waals surface area contributed by atoms with Gasteiger partial charge in [0, 0.05) is 29.3 Å². The maximum atomic E-state index is 11.7. The number of H-pyrrole nitrogens is 1. The second-order valence-corrected chi connectivity index (χ2v) is 10.1. The molecule has 1 aliphatic heterocycles. The molecule has 0 spiro atoms. The van der Waals surface area contributed by atoms with Gasteiger partial charge in [-0.2, -0.15) is 5.10 Å². The summed E-state index contributed by atoms with van der Waals surface area (Å²) in [5.74, 6) is 0. The number of aromatic amines is 1. The van der Waals surface area contributed by atoms with E-state index in [9.17, 15) is 9.59 Å². The number of thiocarbonyl (C=S) groups is 2. The fourth-order valence-corrected chi connectivity index (χ4v) is 4.11. The highest BCUT2D eigenvalue weighted by atomic mass is 35.5. The molecule has 0 amide bonds. The number of benzene rings is 1. The van der Waals surface area contributed by atoms with E-state index in [1.54, 1.807) is 19.2 Å². The lowest BCUT2D eigenvalue weighted by atomic mass is 10.1. The van der Waals surface area contributed by atoms with Crippen LogP contribution < -0.4 is 32.8 Å². The molecule has 1 saturated heterocycles. The number of halogens is 1. The topological polar surface area (TPSA) is 206 Å². The molecule has 1 aliphatic rings. The highest BCUT2D eigenvalue weighted by Gasteiger charge is 2.35. The maximum absolute atomic E-state index is 11.7. The molecule has 0 radical (unpaired) electrons. The molecule has 2 aromatic heterocycles. The Kier molecular flexibility index (Phi) is 12.6. The van der Waals surface area contributed by atoms with E-state index in [4.69, 9.17) is 51.4 Å². The number of hydrazone groups is 1. The molecule has 6 N–H and O–H groups in total. The minimum absolute atomic E-state index is 0.258. The molecule has 0 unspecified atom stereocenters. The van der Waals surface area contributed by atoms with Gasteiger partial charge in [0.25, 0.3) is 5.56 Å². The second kappa shape index (κ2) is 16.3. The number of para-hydroxylation sites is 1. The number of rotatable bonds is 6. The van der Waals surface area contributed by atoms with Crippen molar-refractivity contribution in [3.05, 3.63) is 102 Å². The summed E-state index contributed by atoms with van der Waals surface area (Å²) in [5, 5.41) is 20.9. The largest absolute Gasteiger partial charge is 0.394 e. The first-order valence-corrected chi connectivity index (χ1v) is 13.8. The van der Waals surface area contributed by atoms with Crippen LogP contribution >= 0.6 is 36.0 Å². The van der Waals surface area contributed by atoms with Gasteiger partial charge < -0.3 is 15.2 Å². The van der Waals surface area contributed by atoms with E-state index in [0.29, 0.717) is 27.1 Å². The molecule has 0 saturated carbocycles. The summed E-state index contributed by atoms with van der Waals surface area (Å²) in [4.78, 5) is 32.0. The quantitative estimate of drug-likeness (QED) is 0.0573. The number of hydrogen-bond acceptors (Lipinski definition) is 9. The number of aliphatic hydroxyl groups excluding tert-OH is 1. The van der Waals surface area contributed by atoms with E-state index in [-0.39, 0.29) is 18.1 Å². The lowest BCUT2D eigenvalue weighted by Crippen LogP contribution is -2.47. The van der Waals surface area contributed by atoms with E-state index in [0.717, 1.165) is 5.69 Å². The summed E-state index contributed by atoms with van der Waals surface area (Å²) in [5.41, 5.74) is 18.1.